The van der Waals surface area contributed by atoms with Crippen LogP contribution in [0.25, 0.3) is 21.5 Å². The molecule has 1 radical (unpaired) electrons. The summed E-state index contributed by atoms with van der Waals surface area (Å²) in [5.74, 6) is -0.944. The van der Waals surface area contributed by atoms with Crippen molar-refractivity contribution in [3.05, 3.63) is 60.2 Å². The lowest BCUT2D eigenvalue weighted by atomic mass is 10.0. The molecule has 81 valence electrons. The number of hydrogen-bond donors (Lipinski definition) is 1. The number of hydrogen-bond acceptors (Lipinski definition) is 1. The SMILES string of the molecule is O=C(O)c1[c]c2cc3ccccc3cc2cc1. The van der Waals surface area contributed by atoms with Crippen LogP contribution in [0.4, 0.5) is 0 Å². The topological polar surface area (TPSA) is 37.3 Å². The Morgan fingerprint density at radius 2 is 1.65 bits per heavy atom. The zero-order valence-electron chi connectivity index (χ0n) is 8.97. The van der Waals surface area contributed by atoms with Gasteiger partial charge in [0.15, 0.2) is 0 Å². The molecule has 0 saturated carbocycles. The molecule has 0 fully saturated rings. The van der Waals surface area contributed by atoms with Crippen LogP contribution in [0.3, 0.4) is 0 Å². The van der Waals surface area contributed by atoms with E-state index < -0.39 is 5.97 Å². The minimum Gasteiger partial charge on any atom is -0.478 e. The maximum Gasteiger partial charge on any atom is 0.336 e. The predicted molar refractivity (Wildman–Crippen MR) is 67.2 cm³/mol. The molecule has 0 aliphatic rings. The molecule has 3 rings (SSSR count). The second-order valence-corrected chi connectivity index (χ2v) is 3.96. The van der Waals surface area contributed by atoms with Gasteiger partial charge in [-0.05, 0) is 39.7 Å². The molecular formula is C15H9O2. The molecule has 0 bridgehead atoms. The number of carbonyl (C=O) groups is 1. The molecule has 0 amide bonds. The van der Waals surface area contributed by atoms with Crippen molar-refractivity contribution in [1.29, 1.82) is 0 Å². The Kier molecular flexibility index (Phi) is 2.08. The van der Waals surface area contributed by atoms with Crippen molar-refractivity contribution in [2.24, 2.45) is 0 Å². The first-order chi connectivity index (χ1) is 8.24. The van der Waals surface area contributed by atoms with E-state index >= 15 is 0 Å². The van der Waals surface area contributed by atoms with E-state index in [1.165, 1.54) is 0 Å². The molecule has 2 heteroatoms. The summed E-state index contributed by atoms with van der Waals surface area (Å²) >= 11 is 0. The lowest BCUT2D eigenvalue weighted by Crippen LogP contribution is -1.95. The van der Waals surface area contributed by atoms with Gasteiger partial charge < -0.3 is 5.11 Å². The maximum absolute atomic E-state index is 10.9. The van der Waals surface area contributed by atoms with Crippen LogP contribution in [0.5, 0.6) is 0 Å². The summed E-state index contributed by atoms with van der Waals surface area (Å²) in [6.07, 6.45) is 0. The molecule has 0 saturated heterocycles. The predicted octanol–water partition coefficient (Wildman–Crippen LogP) is 3.49. The van der Waals surface area contributed by atoms with Crippen LogP contribution in [-0.2, 0) is 0 Å². The van der Waals surface area contributed by atoms with Gasteiger partial charge in [-0.15, -0.1) is 0 Å². The van der Waals surface area contributed by atoms with E-state index in [1.807, 2.05) is 42.5 Å². The van der Waals surface area contributed by atoms with E-state index in [1.54, 1.807) is 6.07 Å². The number of rotatable bonds is 1. The molecule has 0 aliphatic heterocycles. The lowest BCUT2D eigenvalue weighted by Gasteiger charge is -2.02. The molecule has 0 aliphatic carbocycles. The number of carboxylic acid groups (broad SMARTS) is 1. The molecule has 3 aromatic carbocycles. The summed E-state index contributed by atoms with van der Waals surface area (Å²) in [4.78, 5) is 10.9. The van der Waals surface area contributed by atoms with E-state index in [4.69, 9.17) is 5.11 Å². The fraction of sp³-hybridized carbons (Fsp3) is 0. The third-order valence-electron chi connectivity index (χ3n) is 2.85. The van der Waals surface area contributed by atoms with Crippen LogP contribution in [0, 0.1) is 6.07 Å². The van der Waals surface area contributed by atoms with Crippen LogP contribution in [-0.4, -0.2) is 11.1 Å². The highest BCUT2D eigenvalue weighted by Gasteiger charge is 2.04. The van der Waals surface area contributed by atoms with Gasteiger partial charge in [-0.3, -0.25) is 0 Å². The molecular weight excluding hydrogens is 212 g/mol. The molecule has 17 heavy (non-hydrogen) atoms. The Labute approximate surface area is 98.1 Å². The first-order valence-corrected chi connectivity index (χ1v) is 5.32. The molecule has 0 aromatic heterocycles. The van der Waals surface area contributed by atoms with Crippen molar-refractivity contribution >= 4 is 27.5 Å². The van der Waals surface area contributed by atoms with Gasteiger partial charge >= 0.3 is 5.97 Å². The largest absolute Gasteiger partial charge is 0.478 e. The average molecular weight is 221 g/mol. The second-order valence-electron chi connectivity index (χ2n) is 3.96. The number of benzene rings is 3. The van der Waals surface area contributed by atoms with Gasteiger partial charge in [-0.25, -0.2) is 4.79 Å². The van der Waals surface area contributed by atoms with Crippen molar-refractivity contribution in [3.8, 4) is 0 Å². The zero-order chi connectivity index (χ0) is 11.8. The Morgan fingerprint density at radius 1 is 0.941 bits per heavy atom. The molecule has 0 spiro atoms. The lowest BCUT2D eigenvalue weighted by molar-refractivity contribution is 0.0696. The minimum absolute atomic E-state index is 0.202. The first kappa shape index (κ1) is 9.85. The summed E-state index contributed by atoms with van der Waals surface area (Å²) in [6, 6.07) is 18.3. The minimum atomic E-state index is -0.944. The highest BCUT2D eigenvalue weighted by molar-refractivity contribution is 6.00. The molecule has 0 heterocycles. The van der Waals surface area contributed by atoms with Gasteiger partial charge in [0.25, 0.3) is 0 Å². The first-order valence-electron chi connectivity index (χ1n) is 5.32. The summed E-state index contributed by atoms with van der Waals surface area (Å²) < 4.78 is 0. The number of aromatic carboxylic acids is 1. The van der Waals surface area contributed by atoms with Gasteiger partial charge in [0.2, 0.25) is 0 Å². The molecule has 0 unspecified atom stereocenters. The van der Waals surface area contributed by atoms with E-state index in [0.717, 1.165) is 21.5 Å². The summed E-state index contributed by atoms with van der Waals surface area (Å²) in [5.41, 5.74) is 0.202. The number of fused-ring (bicyclic) bond motifs is 2. The van der Waals surface area contributed by atoms with Gasteiger partial charge in [0.1, 0.15) is 0 Å². The Morgan fingerprint density at radius 3 is 2.35 bits per heavy atom. The average Bonchev–Trinajstić information content (AvgIpc) is 2.35. The molecule has 1 N–H and O–H groups in total. The standard InChI is InChI=1S/C15H9O2/c16-15(17)13-6-5-12-7-10-3-1-2-4-11(10)8-14(12)9-13/h1-8H,(H,16,17). The fourth-order valence-electron chi connectivity index (χ4n) is 1.99. The highest BCUT2D eigenvalue weighted by Crippen LogP contribution is 2.23. The smallest absolute Gasteiger partial charge is 0.336 e. The fourth-order valence-corrected chi connectivity index (χ4v) is 1.99. The summed E-state index contributed by atoms with van der Waals surface area (Å²) in [7, 11) is 0. The van der Waals surface area contributed by atoms with Crippen LogP contribution in [0.1, 0.15) is 10.4 Å². The van der Waals surface area contributed by atoms with Gasteiger partial charge in [-0.2, -0.15) is 0 Å². The van der Waals surface area contributed by atoms with Crippen LogP contribution >= 0.6 is 0 Å². The third kappa shape index (κ3) is 1.64. The monoisotopic (exact) mass is 221 g/mol. The van der Waals surface area contributed by atoms with E-state index in [9.17, 15) is 4.79 Å². The Hall–Kier alpha value is -2.35. The van der Waals surface area contributed by atoms with Gasteiger partial charge in [0, 0.05) is 6.07 Å². The highest BCUT2D eigenvalue weighted by atomic mass is 16.4. The Bertz CT molecular complexity index is 729. The normalized spacial score (nSPS) is 10.8. The Balaban J connectivity index is 2.36. The zero-order valence-corrected chi connectivity index (χ0v) is 8.97. The van der Waals surface area contributed by atoms with Crippen LogP contribution in [0.2, 0.25) is 0 Å². The van der Waals surface area contributed by atoms with Gasteiger partial charge in [-0.1, -0.05) is 30.3 Å². The summed E-state index contributed by atoms with van der Waals surface area (Å²) in [6.45, 7) is 0. The van der Waals surface area contributed by atoms with Crippen LogP contribution < -0.4 is 0 Å². The molecule has 0 atom stereocenters. The van der Waals surface area contributed by atoms with Crippen molar-refractivity contribution in [2.45, 2.75) is 0 Å². The second kappa shape index (κ2) is 3.59. The maximum atomic E-state index is 10.9. The quantitative estimate of drug-likeness (QED) is 0.638. The van der Waals surface area contributed by atoms with Crippen molar-refractivity contribution in [3.63, 3.8) is 0 Å². The van der Waals surface area contributed by atoms with E-state index in [0.29, 0.717) is 0 Å². The van der Waals surface area contributed by atoms with E-state index in [2.05, 4.69) is 6.07 Å². The van der Waals surface area contributed by atoms with Crippen molar-refractivity contribution < 1.29 is 9.90 Å². The van der Waals surface area contributed by atoms with Crippen LogP contribution in [0.15, 0.2) is 48.5 Å². The molecule has 3 aromatic rings. The van der Waals surface area contributed by atoms with Crippen molar-refractivity contribution in [2.75, 3.05) is 0 Å². The van der Waals surface area contributed by atoms with E-state index in [-0.39, 0.29) is 5.56 Å². The third-order valence-corrected chi connectivity index (χ3v) is 2.85. The number of carboxylic acids is 1. The molecule has 2 nitrogen and oxygen atoms in total. The van der Waals surface area contributed by atoms with Gasteiger partial charge in [0.05, 0.1) is 5.56 Å². The van der Waals surface area contributed by atoms with Crippen molar-refractivity contribution in [1.82, 2.24) is 0 Å². The summed E-state index contributed by atoms with van der Waals surface area (Å²) in [5, 5.41) is 13.0.